The van der Waals surface area contributed by atoms with Crippen LogP contribution in [0.5, 0.6) is 0 Å². The summed E-state index contributed by atoms with van der Waals surface area (Å²) in [5.41, 5.74) is 1.89. The zero-order valence-corrected chi connectivity index (χ0v) is 18.4. The van der Waals surface area contributed by atoms with E-state index in [0.717, 1.165) is 30.7 Å². The molecule has 1 fully saturated rings. The molecule has 0 bridgehead atoms. The van der Waals surface area contributed by atoms with E-state index in [4.69, 9.17) is 0 Å². The molecule has 1 aliphatic rings. The Kier molecular flexibility index (Phi) is 6.41. The van der Waals surface area contributed by atoms with E-state index >= 15 is 0 Å². The number of amides is 2. The molecule has 1 heterocycles. The van der Waals surface area contributed by atoms with Crippen molar-refractivity contribution in [2.24, 2.45) is 0 Å². The number of benzene rings is 3. The summed E-state index contributed by atoms with van der Waals surface area (Å²) in [6.45, 7) is 0.658. The van der Waals surface area contributed by atoms with Crippen LogP contribution in [0.2, 0.25) is 0 Å². The molecule has 170 valence electrons. The van der Waals surface area contributed by atoms with E-state index < -0.39 is 15.8 Å². The molecule has 4 rings (SSSR count). The molecule has 33 heavy (non-hydrogen) atoms. The second kappa shape index (κ2) is 9.41. The van der Waals surface area contributed by atoms with Crippen LogP contribution in [-0.4, -0.2) is 26.8 Å². The lowest BCUT2D eigenvalue weighted by Crippen LogP contribution is -2.35. The number of nitrogens with one attached hydrogen (secondary N) is 2. The van der Waals surface area contributed by atoms with Gasteiger partial charge in [0.05, 0.1) is 4.90 Å². The molecule has 9 heteroatoms. The zero-order chi connectivity index (χ0) is 23.4. The Labute approximate surface area is 191 Å². The fourth-order valence-corrected chi connectivity index (χ4v) is 4.61. The molecule has 0 saturated carbocycles. The van der Waals surface area contributed by atoms with Crippen molar-refractivity contribution in [1.29, 1.82) is 0 Å². The van der Waals surface area contributed by atoms with Crippen LogP contribution < -0.4 is 14.9 Å². The number of halogens is 1. The summed E-state index contributed by atoms with van der Waals surface area (Å²) >= 11 is 0. The molecule has 7 nitrogen and oxygen atoms in total. The number of hydrogen-bond acceptors (Lipinski definition) is 4. The summed E-state index contributed by atoms with van der Waals surface area (Å²) in [5.74, 6) is -0.828. The Balaban J connectivity index is 1.43. The minimum absolute atomic E-state index is 0.0715. The number of nitrogens with zero attached hydrogens (tertiary/aromatic N) is 1. The number of sulfonamides is 1. The van der Waals surface area contributed by atoms with Crippen molar-refractivity contribution in [1.82, 2.24) is 0 Å². The maximum atomic E-state index is 13.0. The van der Waals surface area contributed by atoms with Gasteiger partial charge in [0.25, 0.3) is 15.9 Å². The van der Waals surface area contributed by atoms with Crippen molar-refractivity contribution in [3.05, 3.63) is 84.2 Å². The molecular weight excluding hydrogens is 445 g/mol. The highest BCUT2D eigenvalue weighted by molar-refractivity contribution is 7.92. The van der Waals surface area contributed by atoms with Crippen LogP contribution in [0.15, 0.2) is 77.7 Å². The van der Waals surface area contributed by atoms with Crippen molar-refractivity contribution in [2.45, 2.75) is 24.2 Å². The van der Waals surface area contributed by atoms with Crippen molar-refractivity contribution in [2.75, 3.05) is 21.5 Å². The summed E-state index contributed by atoms with van der Waals surface area (Å²) < 4.78 is 40.3. The fourth-order valence-electron chi connectivity index (χ4n) is 3.55. The first-order chi connectivity index (χ1) is 15.8. The molecule has 0 aromatic heterocycles. The van der Waals surface area contributed by atoms with Crippen molar-refractivity contribution in [3.8, 4) is 0 Å². The van der Waals surface area contributed by atoms with Gasteiger partial charge in [-0.05, 0) is 79.6 Å². The fraction of sp³-hybridized carbons (Fsp3) is 0.167. The van der Waals surface area contributed by atoms with Crippen LogP contribution in [0.1, 0.15) is 29.6 Å². The highest BCUT2D eigenvalue weighted by Gasteiger charge is 2.20. The molecule has 2 amide bonds. The van der Waals surface area contributed by atoms with Gasteiger partial charge in [-0.25, -0.2) is 12.8 Å². The average molecular weight is 468 g/mol. The predicted molar refractivity (Wildman–Crippen MR) is 124 cm³/mol. The first kappa shape index (κ1) is 22.5. The molecule has 0 radical (unpaired) electrons. The molecule has 0 spiro atoms. The average Bonchev–Trinajstić information content (AvgIpc) is 2.80. The van der Waals surface area contributed by atoms with Gasteiger partial charge >= 0.3 is 0 Å². The van der Waals surface area contributed by atoms with Gasteiger partial charge in [-0.15, -0.1) is 0 Å². The van der Waals surface area contributed by atoms with E-state index in [1.807, 2.05) is 6.07 Å². The summed E-state index contributed by atoms with van der Waals surface area (Å²) in [5, 5.41) is 2.80. The topological polar surface area (TPSA) is 95.6 Å². The van der Waals surface area contributed by atoms with Gasteiger partial charge < -0.3 is 10.2 Å². The monoisotopic (exact) mass is 467 g/mol. The maximum Gasteiger partial charge on any atom is 0.261 e. The SMILES string of the molecule is O=C(Nc1cccc(N2CCCCC2=O)c1)c1ccc(NS(=O)(=O)c2ccc(F)cc2)cc1. The Morgan fingerprint density at radius 1 is 0.909 bits per heavy atom. The molecule has 1 aliphatic heterocycles. The number of piperidine rings is 1. The normalized spacial score (nSPS) is 14.1. The van der Waals surface area contributed by atoms with Gasteiger partial charge in [0.1, 0.15) is 5.82 Å². The van der Waals surface area contributed by atoms with Gasteiger partial charge in [0.15, 0.2) is 0 Å². The van der Waals surface area contributed by atoms with Crippen molar-refractivity contribution in [3.63, 3.8) is 0 Å². The van der Waals surface area contributed by atoms with E-state index in [1.54, 1.807) is 23.1 Å². The van der Waals surface area contributed by atoms with Crippen molar-refractivity contribution < 1.29 is 22.4 Å². The van der Waals surface area contributed by atoms with Crippen LogP contribution in [0.3, 0.4) is 0 Å². The summed E-state index contributed by atoms with van der Waals surface area (Å²) in [6, 6.07) is 17.5. The first-order valence-corrected chi connectivity index (χ1v) is 11.9. The predicted octanol–water partition coefficient (Wildman–Crippen LogP) is 4.40. The lowest BCUT2D eigenvalue weighted by atomic mass is 10.1. The third kappa shape index (κ3) is 5.38. The minimum atomic E-state index is -3.88. The third-order valence-corrected chi connectivity index (χ3v) is 6.66. The van der Waals surface area contributed by atoms with Gasteiger partial charge in [0, 0.05) is 35.6 Å². The molecule has 3 aromatic carbocycles. The number of hydrogen-bond donors (Lipinski definition) is 2. The quantitative estimate of drug-likeness (QED) is 0.562. The molecule has 0 atom stereocenters. The molecule has 0 aliphatic carbocycles. The molecule has 1 saturated heterocycles. The van der Waals surface area contributed by atoms with Gasteiger partial charge in [0.2, 0.25) is 5.91 Å². The van der Waals surface area contributed by atoms with Gasteiger partial charge in [-0.3, -0.25) is 14.3 Å². The zero-order valence-electron chi connectivity index (χ0n) is 17.6. The van der Waals surface area contributed by atoms with Crippen LogP contribution in [0, 0.1) is 5.82 Å². The number of carbonyl (C=O) groups is 2. The first-order valence-electron chi connectivity index (χ1n) is 10.4. The Morgan fingerprint density at radius 3 is 2.33 bits per heavy atom. The van der Waals surface area contributed by atoms with E-state index in [-0.39, 0.29) is 22.4 Å². The second-order valence-corrected chi connectivity index (χ2v) is 9.33. The van der Waals surface area contributed by atoms with Crippen LogP contribution >= 0.6 is 0 Å². The Bertz CT molecular complexity index is 1280. The number of anilines is 3. The second-order valence-electron chi connectivity index (χ2n) is 7.64. The molecular formula is C24H22FN3O4S. The third-order valence-electron chi connectivity index (χ3n) is 5.26. The summed E-state index contributed by atoms with van der Waals surface area (Å²) in [6.07, 6.45) is 2.36. The Morgan fingerprint density at radius 2 is 1.64 bits per heavy atom. The highest BCUT2D eigenvalue weighted by Crippen LogP contribution is 2.24. The summed E-state index contributed by atoms with van der Waals surface area (Å²) in [4.78, 5) is 26.5. The highest BCUT2D eigenvalue weighted by atomic mass is 32.2. The van der Waals surface area contributed by atoms with E-state index in [9.17, 15) is 22.4 Å². The summed E-state index contributed by atoms with van der Waals surface area (Å²) in [7, 11) is -3.88. The smallest absolute Gasteiger partial charge is 0.261 e. The van der Waals surface area contributed by atoms with Crippen LogP contribution in [0.4, 0.5) is 21.5 Å². The van der Waals surface area contributed by atoms with Gasteiger partial charge in [-0.2, -0.15) is 0 Å². The molecule has 2 N–H and O–H groups in total. The minimum Gasteiger partial charge on any atom is -0.322 e. The number of carbonyl (C=O) groups excluding carboxylic acids is 2. The van der Waals surface area contributed by atoms with Crippen molar-refractivity contribution >= 4 is 38.9 Å². The number of rotatable bonds is 6. The van der Waals surface area contributed by atoms with Crippen LogP contribution in [-0.2, 0) is 14.8 Å². The largest absolute Gasteiger partial charge is 0.322 e. The van der Waals surface area contributed by atoms with Gasteiger partial charge in [-0.1, -0.05) is 6.07 Å². The molecule has 3 aromatic rings. The van der Waals surface area contributed by atoms with Crippen LogP contribution in [0.25, 0.3) is 0 Å². The standard InChI is InChI=1S/C24H22FN3O4S/c25-18-9-13-22(14-10-18)33(31,32)27-19-11-7-17(8-12-19)24(30)26-20-4-3-5-21(16-20)28-15-2-1-6-23(28)29/h3-5,7-14,16,27H,1-2,6,15H2,(H,26,30). The Hall–Kier alpha value is -3.72. The lowest BCUT2D eigenvalue weighted by molar-refractivity contribution is -0.119. The van der Waals surface area contributed by atoms with E-state index in [2.05, 4.69) is 10.0 Å². The van der Waals surface area contributed by atoms with E-state index in [1.165, 1.54) is 36.4 Å². The van der Waals surface area contributed by atoms with E-state index in [0.29, 0.717) is 24.2 Å². The lowest BCUT2D eigenvalue weighted by Gasteiger charge is -2.27. The maximum absolute atomic E-state index is 13.0. The molecule has 0 unspecified atom stereocenters.